The number of unbranched alkanes of at least 4 members (excludes halogenated alkanes) is 34. The molecular weight excluding hydrogens is 647 g/mol. The smallest absolute Gasteiger partial charge is 0.249 e. The maximum Gasteiger partial charge on any atom is 0.249 e. The van der Waals surface area contributed by atoms with Crippen LogP contribution in [-0.4, -0.2) is 57.3 Å². The Balaban J connectivity index is 3.64. The van der Waals surface area contributed by atoms with Crippen LogP contribution in [0.5, 0.6) is 0 Å². The van der Waals surface area contributed by atoms with Crippen LogP contribution >= 0.6 is 0 Å². The second-order valence-electron chi connectivity index (χ2n) is 16.5. The summed E-state index contributed by atoms with van der Waals surface area (Å²) >= 11 is 0. The lowest BCUT2D eigenvalue weighted by Crippen LogP contribution is -2.53. The van der Waals surface area contributed by atoms with Gasteiger partial charge in [0, 0.05) is 0 Å². The molecule has 0 rings (SSSR count). The van der Waals surface area contributed by atoms with Gasteiger partial charge in [-0.05, 0) is 12.8 Å². The standard InChI is InChI=1S/C46H93NO5/c1-3-5-7-9-11-13-15-17-19-20-21-22-23-24-25-26-28-30-32-34-36-38-40-44(50)46(52)47-42(41-48)45(51)43(49)39-37-35-33-31-29-27-18-16-14-12-10-8-6-4-2/h42-45,48-51H,3-41H2,1-2H3,(H,47,52)/t42-,43?,44?,45+/m1/s1. The predicted octanol–water partition coefficient (Wildman–Crippen LogP) is 12.4. The van der Waals surface area contributed by atoms with Crippen molar-refractivity contribution in [1.29, 1.82) is 0 Å². The number of aliphatic hydroxyl groups is 4. The summed E-state index contributed by atoms with van der Waals surface area (Å²) in [5.74, 6) is -0.578. The molecule has 0 saturated carbocycles. The van der Waals surface area contributed by atoms with Crippen LogP contribution in [0.15, 0.2) is 0 Å². The highest BCUT2D eigenvalue weighted by Gasteiger charge is 2.28. The quantitative estimate of drug-likeness (QED) is 0.0400. The zero-order valence-corrected chi connectivity index (χ0v) is 35.1. The van der Waals surface area contributed by atoms with Gasteiger partial charge in [0.25, 0.3) is 0 Å². The Morgan fingerprint density at radius 3 is 0.923 bits per heavy atom. The number of hydrogen-bond acceptors (Lipinski definition) is 5. The van der Waals surface area contributed by atoms with Crippen molar-refractivity contribution >= 4 is 5.91 Å². The van der Waals surface area contributed by atoms with Crippen LogP contribution in [0, 0.1) is 0 Å². The molecule has 0 aromatic heterocycles. The van der Waals surface area contributed by atoms with Crippen molar-refractivity contribution in [2.24, 2.45) is 0 Å². The highest BCUT2D eigenvalue weighted by Crippen LogP contribution is 2.17. The van der Waals surface area contributed by atoms with Crippen molar-refractivity contribution in [3.8, 4) is 0 Å². The highest BCUT2D eigenvalue weighted by molar-refractivity contribution is 5.80. The summed E-state index contributed by atoms with van der Waals surface area (Å²) in [7, 11) is 0. The first-order valence-electron chi connectivity index (χ1n) is 23.4. The number of amides is 1. The molecule has 0 radical (unpaired) electrons. The van der Waals surface area contributed by atoms with Crippen LogP contribution in [0.4, 0.5) is 0 Å². The second kappa shape index (κ2) is 41.5. The lowest BCUT2D eigenvalue weighted by atomic mass is 9.99. The molecule has 1 amide bonds. The molecule has 0 aromatic carbocycles. The van der Waals surface area contributed by atoms with E-state index in [1.54, 1.807) is 0 Å². The highest BCUT2D eigenvalue weighted by atomic mass is 16.3. The Morgan fingerprint density at radius 2 is 0.654 bits per heavy atom. The number of aliphatic hydroxyl groups excluding tert-OH is 4. The normalized spacial score (nSPS) is 14.0. The molecule has 52 heavy (non-hydrogen) atoms. The Hall–Kier alpha value is -0.690. The molecule has 2 unspecified atom stereocenters. The zero-order valence-electron chi connectivity index (χ0n) is 35.1. The van der Waals surface area contributed by atoms with Gasteiger partial charge in [-0.15, -0.1) is 0 Å². The predicted molar refractivity (Wildman–Crippen MR) is 224 cm³/mol. The van der Waals surface area contributed by atoms with E-state index in [-0.39, 0.29) is 0 Å². The van der Waals surface area contributed by atoms with Gasteiger partial charge in [-0.3, -0.25) is 4.79 Å². The third-order valence-corrected chi connectivity index (χ3v) is 11.3. The molecule has 0 heterocycles. The van der Waals surface area contributed by atoms with Gasteiger partial charge in [-0.1, -0.05) is 245 Å². The van der Waals surface area contributed by atoms with Crippen molar-refractivity contribution in [2.45, 2.75) is 282 Å². The van der Waals surface area contributed by atoms with E-state index in [2.05, 4.69) is 19.2 Å². The number of carbonyl (C=O) groups is 1. The van der Waals surface area contributed by atoms with Gasteiger partial charge in [-0.25, -0.2) is 0 Å². The minimum absolute atomic E-state index is 0.376. The monoisotopic (exact) mass is 740 g/mol. The fraction of sp³-hybridized carbons (Fsp3) is 0.978. The molecule has 4 atom stereocenters. The Kier molecular flexibility index (Phi) is 40.9. The Bertz CT molecular complexity index is 706. The molecule has 5 N–H and O–H groups in total. The minimum atomic E-state index is -1.25. The third-order valence-electron chi connectivity index (χ3n) is 11.3. The average molecular weight is 740 g/mol. The van der Waals surface area contributed by atoms with Gasteiger partial charge in [0.2, 0.25) is 5.91 Å². The molecule has 6 heteroatoms. The van der Waals surface area contributed by atoms with Crippen LogP contribution in [0.25, 0.3) is 0 Å². The molecule has 0 fully saturated rings. The summed E-state index contributed by atoms with van der Waals surface area (Å²) in [5, 5.41) is 43.7. The molecule has 0 aliphatic carbocycles. The average Bonchev–Trinajstić information content (AvgIpc) is 3.15. The number of rotatable bonds is 43. The van der Waals surface area contributed by atoms with Crippen molar-refractivity contribution < 1.29 is 25.2 Å². The van der Waals surface area contributed by atoms with E-state index >= 15 is 0 Å². The van der Waals surface area contributed by atoms with Gasteiger partial charge >= 0.3 is 0 Å². The molecular formula is C46H93NO5. The SMILES string of the molecule is CCCCCCCCCCCCCCCCCCCCCCCCC(O)C(=O)N[C@H](CO)[C@H](O)C(O)CCCCCCCCCCCCCCCC. The third kappa shape index (κ3) is 35.0. The number of carbonyl (C=O) groups excluding carboxylic acids is 1. The molecule has 0 aliphatic heterocycles. The van der Waals surface area contributed by atoms with Gasteiger partial charge in [0.15, 0.2) is 0 Å². The summed E-state index contributed by atoms with van der Waals surface area (Å²) in [6.07, 6.45) is 44.2. The number of hydrogen-bond donors (Lipinski definition) is 5. The van der Waals surface area contributed by atoms with E-state index < -0.39 is 36.9 Å². The zero-order chi connectivity index (χ0) is 38.2. The van der Waals surface area contributed by atoms with Crippen molar-refractivity contribution in [2.75, 3.05) is 6.61 Å². The first-order valence-corrected chi connectivity index (χ1v) is 23.4. The van der Waals surface area contributed by atoms with Crippen LogP contribution in [-0.2, 0) is 4.79 Å². The van der Waals surface area contributed by atoms with Gasteiger partial charge in [0.1, 0.15) is 12.2 Å². The molecule has 0 spiro atoms. The molecule has 0 bridgehead atoms. The first-order chi connectivity index (χ1) is 25.5. The first kappa shape index (κ1) is 51.3. The molecule has 6 nitrogen and oxygen atoms in total. The van der Waals surface area contributed by atoms with Crippen LogP contribution < -0.4 is 5.32 Å². The van der Waals surface area contributed by atoms with E-state index in [4.69, 9.17) is 0 Å². The summed E-state index contributed by atoms with van der Waals surface area (Å²) in [6, 6.07) is -0.978. The summed E-state index contributed by atoms with van der Waals surface area (Å²) in [6.45, 7) is 4.07. The van der Waals surface area contributed by atoms with E-state index in [1.807, 2.05) is 0 Å². The van der Waals surface area contributed by atoms with Crippen LogP contribution in [0.1, 0.15) is 258 Å². The minimum Gasteiger partial charge on any atom is -0.394 e. The summed E-state index contributed by atoms with van der Waals surface area (Å²) in [5.41, 5.74) is 0. The van der Waals surface area contributed by atoms with Crippen LogP contribution in [0.2, 0.25) is 0 Å². The molecule has 0 saturated heterocycles. The Morgan fingerprint density at radius 1 is 0.404 bits per heavy atom. The van der Waals surface area contributed by atoms with E-state index in [0.717, 1.165) is 38.5 Å². The number of nitrogens with one attached hydrogen (secondary N) is 1. The molecule has 312 valence electrons. The van der Waals surface area contributed by atoms with Gasteiger partial charge < -0.3 is 25.7 Å². The van der Waals surface area contributed by atoms with Crippen LogP contribution in [0.3, 0.4) is 0 Å². The maximum atomic E-state index is 12.5. The lowest BCUT2D eigenvalue weighted by molar-refractivity contribution is -0.132. The van der Waals surface area contributed by atoms with E-state index in [0.29, 0.717) is 12.8 Å². The second-order valence-corrected chi connectivity index (χ2v) is 16.5. The van der Waals surface area contributed by atoms with Gasteiger partial charge in [0.05, 0.1) is 18.8 Å². The van der Waals surface area contributed by atoms with Crippen molar-refractivity contribution in [3.05, 3.63) is 0 Å². The largest absolute Gasteiger partial charge is 0.394 e. The summed E-state index contributed by atoms with van der Waals surface area (Å²) in [4.78, 5) is 12.5. The fourth-order valence-corrected chi connectivity index (χ4v) is 7.58. The fourth-order valence-electron chi connectivity index (χ4n) is 7.58. The van der Waals surface area contributed by atoms with Crippen molar-refractivity contribution in [3.63, 3.8) is 0 Å². The van der Waals surface area contributed by atoms with Gasteiger partial charge in [-0.2, -0.15) is 0 Å². The lowest BCUT2D eigenvalue weighted by Gasteiger charge is -2.27. The Labute approximate surface area is 324 Å². The van der Waals surface area contributed by atoms with E-state index in [9.17, 15) is 25.2 Å². The molecule has 0 aromatic rings. The van der Waals surface area contributed by atoms with Crippen molar-refractivity contribution in [1.82, 2.24) is 5.32 Å². The van der Waals surface area contributed by atoms with E-state index in [1.165, 1.54) is 193 Å². The maximum absolute atomic E-state index is 12.5. The molecule has 0 aliphatic rings. The summed E-state index contributed by atoms with van der Waals surface area (Å²) < 4.78 is 0. The topological polar surface area (TPSA) is 110 Å².